The third kappa shape index (κ3) is 3.69. The van der Waals surface area contributed by atoms with Crippen LogP contribution in [0.15, 0.2) is 85.1 Å². The van der Waals surface area contributed by atoms with Crippen molar-refractivity contribution in [2.24, 2.45) is 0 Å². The first kappa shape index (κ1) is 17.7. The van der Waals surface area contributed by atoms with Crippen molar-refractivity contribution in [3.63, 3.8) is 0 Å². The van der Waals surface area contributed by atoms with Gasteiger partial charge in [-0.1, -0.05) is 54.6 Å². The lowest BCUT2D eigenvalue weighted by Gasteiger charge is -2.20. The van der Waals surface area contributed by atoms with Gasteiger partial charge in [-0.25, -0.2) is 4.98 Å². The maximum absolute atomic E-state index is 12.9. The van der Waals surface area contributed by atoms with Crippen molar-refractivity contribution >= 4 is 16.9 Å². The van der Waals surface area contributed by atoms with E-state index in [9.17, 15) is 4.79 Å². The van der Waals surface area contributed by atoms with Crippen molar-refractivity contribution < 1.29 is 9.53 Å². The smallest absolute Gasteiger partial charge is 0.272 e. The average molecular weight is 369 g/mol. The summed E-state index contributed by atoms with van der Waals surface area (Å²) in [6.07, 6.45) is 1.51. The number of para-hydroxylation sites is 2. The molecule has 3 aromatic carbocycles. The van der Waals surface area contributed by atoms with Crippen LogP contribution >= 0.6 is 0 Å². The summed E-state index contributed by atoms with van der Waals surface area (Å²) in [5.74, 6) is 0.491. The van der Waals surface area contributed by atoms with Gasteiger partial charge in [-0.15, -0.1) is 0 Å². The van der Waals surface area contributed by atoms with Gasteiger partial charge in [-0.05, 0) is 35.4 Å². The third-order valence-corrected chi connectivity index (χ3v) is 4.54. The van der Waals surface area contributed by atoms with Crippen molar-refractivity contribution in [1.82, 2.24) is 15.3 Å². The van der Waals surface area contributed by atoms with Crippen LogP contribution in [-0.4, -0.2) is 23.0 Å². The number of carbonyl (C=O) groups is 1. The highest BCUT2D eigenvalue weighted by molar-refractivity contribution is 5.94. The number of methoxy groups -OCH3 is 1. The SMILES string of the molecule is COc1ccc(C(NC(=O)c2cnc3ccccc3n2)c2ccccc2)cc1. The summed E-state index contributed by atoms with van der Waals surface area (Å²) < 4.78 is 5.24. The maximum atomic E-state index is 12.9. The van der Waals surface area contributed by atoms with Crippen LogP contribution in [-0.2, 0) is 0 Å². The largest absolute Gasteiger partial charge is 0.497 e. The number of nitrogens with zero attached hydrogens (tertiary/aromatic N) is 2. The van der Waals surface area contributed by atoms with E-state index in [1.165, 1.54) is 6.20 Å². The molecule has 138 valence electrons. The van der Waals surface area contributed by atoms with Crippen molar-refractivity contribution in [3.8, 4) is 5.75 Å². The van der Waals surface area contributed by atoms with Crippen LogP contribution in [0.5, 0.6) is 5.75 Å². The van der Waals surface area contributed by atoms with E-state index in [-0.39, 0.29) is 17.6 Å². The molecule has 0 spiro atoms. The first-order chi connectivity index (χ1) is 13.7. The van der Waals surface area contributed by atoms with Gasteiger partial charge in [0.2, 0.25) is 0 Å². The number of aromatic nitrogens is 2. The number of hydrogen-bond donors (Lipinski definition) is 1. The Balaban J connectivity index is 1.66. The number of nitrogens with one attached hydrogen (secondary N) is 1. The number of hydrogen-bond acceptors (Lipinski definition) is 4. The number of fused-ring (bicyclic) bond motifs is 1. The molecule has 0 saturated heterocycles. The Hall–Kier alpha value is -3.73. The lowest BCUT2D eigenvalue weighted by Crippen LogP contribution is -2.30. The fraction of sp³-hybridized carbons (Fsp3) is 0.0870. The van der Waals surface area contributed by atoms with Gasteiger partial charge < -0.3 is 10.1 Å². The minimum absolute atomic E-state index is 0.275. The molecule has 5 nitrogen and oxygen atoms in total. The molecule has 1 amide bonds. The van der Waals surface area contributed by atoms with Crippen LogP contribution in [0.3, 0.4) is 0 Å². The fourth-order valence-electron chi connectivity index (χ4n) is 3.07. The summed E-state index contributed by atoms with van der Waals surface area (Å²) in [6.45, 7) is 0. The second-order valence-corrected chi connectivity index (χ2v) is 6.33. The highest BCUT2D eigenvalue weighted by Gasteiger charge is 2.19. The van der Waals surface area contributed by atoms with E-state index >= 15 is 0 Å². The van der Waals surface area contributed by atoms with E-state index in [0.29, 0.717) is 5.52 Å². The van der Waals surface area contributed by atoms with Crippen molar-refractivity contribution in [1.29, 1.82) is 0 Å². The van der Waals surface area contributed by atoms with Gasteiger partial charge in [0.1, 0.15) is 11.4 Å². The zero-order chi connectivity index (χ0) is 19.3. The van der Waals surface area contributed by atoms with Gasteiger partial charge >= 0.3 is 0 Å². The molecule has 1 aromatic heterocycles. The molecule has 1 N–H and O–H groups in total. The molecule has 0 saturated carbocycles. The van der Waals surface area contributed by atoms with Crippen LogP contribution in [0.25, 0.3) is 11.0 Å². The normalized spacial score (nSPS) is 11.8. The van der Waals surface area contributed by atoms with Crippen molar-refractivity contribution in [2.45, 2.75) is 6.04 Å². The molecule has 0 aliphatic rings. The Bertz CT molecular complexity index is 1100. The molecule has 1 unspecified atom stereocenters. The number of ether oxygens (including phenoxy) is 1. The van der Waals surface area contributed by atoms with Crippen LogP contribution in [0.2, 0.25) is 0 Å². The van der Waals surface area contributed by atoms with Gasteiger partial charge in [0, 0.05) is 0 Å². The first-order valence-corrected chi connectivity index (χ1v) is 8.96. The molecule has 0 radical (unpaired) electrons. The van der Waals surface area contributed by atoms with Gasteiger partial charge in [-0.2, -0.15) is 0 Å². The zero-order valence-electron chi connectivity index (χ0n) is 15.4. The zero-order valence-corrected chi connectivity index (χ0v) is 15.4. The highest BCUT2D eigenvalue weighted by atomic mass is 16.5. The Morgan fingerprint density at radius 2 is 1.50 bits per heavy atom. The molecule has 4 rings (SSSR count). The van der Waals surface area contributed by atoms with E-state index in [1.54, 1.807) is 7.11 Å². The molecular weight excluding hydrogens is 350 g/mol. The van der Waals surface area contributed by atoms with E-state index in [0.717, 1.165) is 22.4 Å². The van der Waals surface area contributed by atoms with Crippen LogP contribution in [0, 0.1) is 0 Å². The summed E-state index contributed by atoms with van der Waals surface area (Å²) in [5.41, 5.74) is 3.67. The molecule has 1 atom stereocenters. The topological polar surface area (TPSA) is 64.1 Å². The maximum Gasteiger partial charge on any atom is 0.272 e. The van der Waals surface area contributed by atoms with Gasteiger partial charge in [0.15, 0.2) is 0 Å². The fourth-order valence-corrected chi connectivity index (χ4v) is 3.07. The standard InChI is InChI=1S/C23H19N3O2/c1-28-18-13-11-17(12-14-18)22(16-7-3-2-4-8-16)26-23(27)21-15-24-19-9-5-6-10-20(19)25-21/h2-15,22H,1H3,(H,26,27). The predicted molar refractivity (Wildman–Crippen MR) is 108 cm³/mol. The average Bonchev–Trinajstić information content (AvgIpc) is 2.77. The molecule has 0 aliphatic carbocycles. The van der Waals surface area contributed by atoms with Crippen molar-refractivity contribution in [2.75, 3.05) is 7.11 Å². The molecular formula is C23H19N3O2. The first-order valence-electron chi connectivity index (χ1n) is 8.96. The van der Waals surface area contributed by atoms with Gasteiger partial charge in [0.25, 0.3) is 5.91 Å². The number of amides is 1. The molecule has 0 aliphatic heterocycles. The van der Waals surface area contributed by atoms with Crippen LogP contribution in [0.4, 0.5) is 0 Å². The van der Waals surface area contributed by atoms with Crippen molar-refractivity contribution in [3.05, 3.63) is 102 Å². The molecule has 1 heterocycles. The van der Waals surface area contributed by atoms with E-state index in [1.807, 2.05) is 78.9 Å². The molecule has 0 bridgehead atoms. The minimum Gasteiger partial charge on any atom is -0.497 e. The lowest BCUT2D eigenvalue weighted by molar-refractivity contribution is 0.0938. The quantitative estimate of drug-likeness (QED) is 0.574. The van der Waals surface area contributed by atoms with Gasteiger partial charge in [0.05, 0.1) is 30.4 Å². The monoisotopic (exact) mass is 369 g/mol. The molecule has 28 heavy (non-hydrogen) atoms. The Kier molecular flexibility index (Phi) is 4.97. The summed E-state index contributed by atoms with van der Waals surface area (Å²) in [6, 6.07) is 24.7. The van der Waals surface area contributed by atoms with E-state index in [2.05, 4.69) is 15.3 Å². The highest BCUT2D eigenvalue weighted by Crippen LogP contribution is 2.24. The summed E-state index contributed by atoms with van der Waals surface area (Å²) >= 11 is 0. The summed E-state index contributed by atoms with van der Waals surface area (Å²) in [4.78, 5) is 21.7. The van der Waals surface area contributed by atoms with Crippen LogP contribution in [0.1, 0.15) is 27.7 Å². The Labute approximate surface area is 163 Å². The second kappa shape index (κ2) is 7.88. The third-order valence-electron chi connectivity index (χ3n) is 4.54. The Morgan fingerprint density at radius 1 is 0.857 bits per heavy atom. The van der Waals surface area contributed by atoms with Gasteiger partial charge in [-0.3, -0.25) is 9.78 Å². The second-order valence-electron chi connectivity index (χ2n) is 6.33. The summed E-state index contributed by atoms with van der Waals surface area (Å²) in [5, 5.41) is 3.09. The molecule has 0 fully saturated rings. The van der Waals surface area contributed by atoms with E-state index in [4.69, 9.17) is 4.74 Å². The predicted octanol–water partition coefficient (Wildman–Crippen LogP) is 4.16. The lowest BCUT2D eigenvalue weighted by atomic mass is 9.98. The minimum atomic E-state index is -0.312. The molecule has 4 aromatic rings. The number of benzene rings is 3. The van der Waals surface area contributed by atoms with E-state index < -0.39 is 0 Å². The Morgan fingerprint density at radius 3 is 2.21 bits per heavy atom. The number of carbonyl (C=O) groups excluding carboxylic acids is 1. The number of rotatable bonds is 5. The molecule has 5 heteroatoms. The summed E-state index contributed by atoms with van der Waals surface area (Å²) in [7, 11) is 1.63. The van der Waals surface area contributed by atoms with Crippen LogP contribution < -0.4 is 10.1 Å².